The van der Waals surface area contributed by atoms with Gasteiger partial charge in [-0.1, -0.05) is 12.1 Å². The van der Waals surface area contributed by atoms with Crippen LogP contribution in [0.1, 0.15) is 25.5 Å². The fourth-order valence-corrected chi connectivity index (χ4v) is 2.68. The first-order valence-electron chi connectivity index (χ1n) is 6.45. The fourth-order valence-electron chi connectivity index (χ4n) is 2.68. The van der Waals surface area contributed by atoms with E-state index in [-0.39, 0.29) is 24.1 Å². The molecule has 1 aromatic carbocycles. The minimum Gasteiger partial charge on any atom is -0.373 e. The molecule has 3 nitrogen and oxygen atoms in total. The minimum atomic E-state index is -0.208. The second-order valence-electron chi connectivity index (χ2n) is 5.02. The summed E-state index contributed by atoms with van der Waals surface area (Å²) in [6.45, 7) is 6.28. The smallest absolute Gasteiger partial charge is 0.123 e. The van der Waals surface area contributed by atoms with Crippen molar-refractivity contribution in [2.75, 3.05) is 19.6 Å². The van der Waals surface area contributed by atoms with Crippen LogP contribution in [0.25, 0.3) is 0 Å². The van der Waals surface area contributed by atoms with Gasteiger partial charge in [-0.15, -0.1) is 0 Å². The standard InChI is InChI=1S/C14H21FN2O/c1-10-8-17(9-11(2)18-10)14(7-16)12-4-3-5-13(15)6-12/h3-6,10-11,14H,7-9,16H2,1-2H3/t10-,11-,14-/m0/s1. The van der Waals surface area contributed by atoms with Gasteiger partial charge in [0.2, 0.25) is 0 Å². The van der Waals surface area contributed by atoms with Crippen molar-refractivity contribution >= 4 is 0 Å². The van der Waals surface area contributed by atoms with Gasteiger partial charge in [-0.05, 0) is 31.5 Å². The molecule has 2 N–H and O–H groups in total. The van der Waals surface area contributed by atoms with E-state index in [0.29, 0.717) is 6.54 Å². The Balaban J connectivity index is 2.17. The number of benzene rings is 1. The minimum absolute atomic E-state index is 0.0644. The maximum atomic E-state index is 13.3. The van der Waals surface area contributed by atoms with Crippen LogP contribution in [-0.2, 0) is 4.74 Å². The topological polar surface area (TPSA) is 38.5 Å². The van der Waals surface area contributed by atoms with E-state index in [1.54, 1.807) is 12.1 Å². The third-order valence-corrected chi connectivity index (χ3v) is 3.35. The molecule has 1 aromatic rings. The lowest BCUT2D eigenvalue weighted by Gasteiger charge is -2.40. The van der Waals surface area contributed by atoms with Gasteiger partial charge in [-0.25, -0.2) is 4.39 Å². The third kappa shape index (κ3) is 3.07. The second-order valence-corrected chi connectivity index (χ2v) is 5.02. The molecule has 0 bridgehead atoms. The van der Waals surface area contributed by atoms with Crippen molar-refractivity contribution in [1.29, 1.82) is 0 Å². The molecule has 0 saturated carbocycles. The molecule has 0 radical (unpaired) electrons. The van der Waals surface area contributed by atoms with Crippen LogP contribution in [-0.4, -0.2) is 36.7 Å². The van der Waals surface area contributed by atoms with Crippen molar-refractivity contribution in [1.82, 2.24) is 4.90 Å². The molecular weight excluding hydrogens is 231 g/mol. The molecule has 1 aliphatic rings. The maximum Gasteiger partial charge on any atom is 0.123 e. The highest BCUT2D eigenvalue weighted by Crippen LogP contribution is 2.24. The molecular formula is C14H21FN2O. The van der Waals surface area contributed by atoms with Gasteiger partial charge in [-0.3, -0.25) is 4.90 Å². The molecule has 100 valence electrons. The van der Waals surface area contributed by atoms with Gasteiger partial charge in [0.1, 0.15) is 5.82 Å². The Morgan fingerprint density at radius 1 is 1.39 bits per heavy atom. The number of morpholine rings is 1. The monoisotopic (exact) mass is 252 g/mol. The molecule has 0 amide bonds. The lowest BCUT2D eigenvalue weighted by molar-refractivity contribution is -0.0799. The SMILES string of the molecule is C[C@H]1CN([C@@H](CN)c2cccc(F)c2)C[C@H](C)O1. The van der Waals surface area contributed by atoms with Gasteiger partial charge >= 0.3 is 0 Å². The van der Waals surface area contributed by atoms with E-state index in [1.807, 2.05) is 6.07 Å². The van der Waals surface area contributed by atoms with Gasteiger partial charge in [-0.2, -0.15) is 0 Å². The summed E-state index contributed by atoms with van der Waals surface area (Å²) in [6, 6.07) is 6.77. The van der Waals surface area contributed by atoms with Gasteiger partial charge in [0.15, 0.2) is 0 Å². The fraction of sp³-hybridized carbons (Fsp3) is 0.571. The van der Waals surface area contributed by atoms with Crippen LogP contribution >= 0.6 is 0 Å². The van der Waals surface area contributed by atoms with Crippen molar-refractivity contribution in [2.24, 2.45) is 5.73 Å². The van der Waals surface area contributed by atoms with Gasteiger partial charge in [0.25, 0.3) is 0 Å². The predicted octanol–water partition coefficient (Wildman–Crippen LogP) is 1.93. The Hall–Kier alpha value is -0.970. The predicted molar refractivity (Wildman–Crippen MR) is 69.8 cm³/mol. The number of nitrogens with two attached hydrogens (primary N) is 1. The molecule has 1 heterocycles. The second kappa shape index (κ2) is 5.78. The molecule has 18 heavy (non-hydrogen) atoms. The average molecular weight is 252 g/mol. The van der Waals surface area contributed by atoms with E-state index >= 15 is 0 Å². The summed E-state index contributed by atoms with van der Waals surface area (Å²) in [5.74, 6) is -0.208. The van der Waals surface area contributed by atoms with Crippen molar-refractivity contribution in [2.45, 2.75) is 32.1 Å². The summed E-state index contributed by atoms with van der Waals surface area (Å²) >= 11 is 0. The number of nitrogens with zero attached hydrogens (tertiary/aromatic N) is 1. The van der Waals surface area contributed by atoms with E-state index in [9.17, 15) is 4.39 Å². The van der Waals surface area contributed by atoms with Crippen LogP contribution < -0.4 is 5.73 Å². The molecule has 3 atom stereocenters. The van der Waals surface area contributed by atoms with Crippen LogP contribution in [0.3, 0.4) is 0 Å². The van der Waals surface area contributed by atoms with Gasteiger partial charge < -0.3 is 10.5 Å². The summed E-state index contributed by atoms with van der Waals surface area (Å²) in [6.07, 6.45) is 0.382. The number of hydrogen-bond donors (Lipinski definition) is 1. The molecule has 2 rings (SSSR count). The molecule has 0 aliphatic carbocycles. The first-order chi connectivity index (χ1) is 8.60. The summed E-state index contributed by atoms with van der Waals surface area (Å²) in [4.78, 5) is 2.29. The summed E-state index contributed by atoms with van der Waals surface area (Å²) in [5.41, 5.74) is 6.82. The number of rotatable bonds is 3. The lowest BCUT2D eigenvalue weighted by Crippen LogP contribution is -2.48. The highest BCUT2D eigenvalue weighted by atomic mass is 19.1. The Bertz CT molecular complexity index is 389. The van der Waals surface area contributed by atoms with Gasteiger partial charge in [0.05, 0.1) is 12.2 Å². The molecule has 1 fully saturated rings. The maximum absolute atomic E-state index is 13.3. The van der Waals surface area contributed by atoms with E-state index in [0.717, 1.165) is 18.7 Å². The van der Waals surface area contributed by atoms with E-state index < -0.39 is 0 Å². The van der Waals surface area contributed by atoms with Crippen molar-refractivity contribution in [3.8, 4) is 0 Å². The van der Waals surface area contributed by atoms with Crippen molar-refractivity contribution in [3.05, 3.63) is 35.6 Å². The largest absolute Gasteiger partial charge is 0.373 e. The average Bonchev–Trinajstić information content (AvgIpc) is 2.28. The zero-order chi connectivity index (χ0) is 13.1. The lowest BCUT2D eigenvalue weighted by atomic mass is 10.0. The molecule has 0 aromatic heterocycles. The molecule has 4 heteroatoms. The van der Waals surface area contributed by atoms with E-state index in [2.05, 4.69) is 18.7 Å². The van der Waals surface area contributed by atoms with Crippen molar-refractivity contribution in [3.63, 3.8) is 0 Å². The quantitative estimate of drug-likeness (QED) is 0.893. The third-order valence-electron chi connectivity index (χ3n) is 3.35. The summed E-state index contributed by atoms with van der Waals surface area (Å²) in [7, 11) is 0. The van der Waals surface area contributed by atoms with E-state index in [1.165, 1.54) is 6.07 Å². The van der Waals surface area contributed by atoms with Crippen LogP contribution in [0, 0.1) is 5.82 Å². The number of hydrogen-bond acceptors (Lipinski definition) is 3. The molecule has 1 aliphatic heterocycles. The summed E-state index contributed by atoms with van der Waals surface area (Å²) < 4.78 is 19.0. The molecule has 0 spiro atoms. The highest BCUT2D eigenvalue weighted by Gasteiger charge is 2.28. The number of ether oxygens (including phenoxy) is 1. The normalized spacial score (nSPS) is 27.1. The zero-order valence-corrected chi connectivity index (χ0v) is 11.0. The van der Waals surface area contributed by atoms with E-state index in [4.69, 9.17) is 10.5 Å². The van der Waals surface area contributed by atoms with Crippen LogP contribution in [0.4, 0.5) is 4.39 Å². The summed E-state index contributed by atoms with van der Waals surface area (Å²) in [5, 5.41) is 0. The Labute approximate surface area is 108 Å². The van der Waals surface area contributed by atoms with Crippen LogP contribution in [0.15, 0.2) is 24.3 Å². The first-order valence-corrected chi connectivity index (χ1v) is 6.45. The Kier molecular flexibility index (Phi) is 4.32. The Morgan fingerprint density at radius 3 is 2.61 bits per heavy atom. The highest BCUT2D eigenvalue weighted by molar-refractivity contribution is 5.21. The van der Waals surface area contributed by atoms with Crippen molar-refractivity contribution < 1.29 is 9.13 Å². The number of halogens is 1. The first kappa shape index (κ1) is 13.5. The zero-order valence-electron chi connectivity index (χ0n) is 11.0. The van der Waals surface area contributed by atoms with Gasteiger partial charge in [0, 0.05) is 25.7 Å². The van der Waals surface area contributed by atoms with Crippen LogP contribution in [0.5, 0.6) is 0 Å². The molecule has 0 unspecified atom stereocenters. The Morgan fingerprint density at radius 2 is 2.06 bits per heavy atom. The van der Waals surface area contributed by atoms with Crippen LogP contribution in [0.2, 0.25) is 0 Å². The molecule has 1 saturated heterocycles.